The molecule has 0 N–H and O–H groups in total. The first-order valence-corrected chi connectivity index (χ1v) is 7.51. The van der Waals surface area contributed by atoms with Crippen LogP contribution >= 0.6 is 11.6 Å². The van der Waals surface area contributed by atoms with Crippen LogP contribution in [0.2, 0.25) is 5.02 Å². The van der Waals surface area contributed by atoms with E-state index >= 15 is 0 Å². The minimum atomic E-state index is -0.250. The average molecular weight is 330 g/mol. The van der Waals surface area contributed by atoms with Crippen molar-refractivity contribution in [3.05, 3.63) is 62.9 Å². The highest BCUT2D eigenvalue weighted by atomic mass is 35.5. The summed E-state index contributed by atoms with van der Waals surface area (Å²) in [5.74, 6) is 0.232. The molecule has 4 rings (SSSR count). The first kappa shape index (κ1) is 14.2. The highest BCUT2D eigenvalue weighted by Crippen LogP contribution is 2.22. The van der Waals surface area contributed by atoms with Gasteiger partial charge in [-0.1, -0.05) is 11.6 Å². The van der Waals surface area contributed by atoms with E-state index in [2.05, 4.69) is 4.98 Å². The molecule has 0 saturated carbocycles. The van der Waals surface area contributed by atoms with Crippen molar-refractivity contribution < 1.29 is 9.53 Å². The number of pyridine rings is 1. The Kier molecular flexibility index (Phi) is 3.28. The van der Waals surface area contributed by atoms with E-state index in [-0.39, 0.29) is 22.0 Å². The Bertz CT molecular complexity index is 990. The van der Waals surface area contributed by atoms with E-state index in [9.17, 15) is 9.59 Å². The number of hydrogen-bond donors (Lipinski definition) is 0. The predicted molar refractivity (Wildman–Crippen MR) is 84.5 cm³/mol. The van der Waals surface area contributed by atoms with Crippen LogP contribution < -0.4 is 5.56 Å². The molecular weight excluding hydrogens is 318 g/mol. The van der Waals surface area contributed by atoms with Gasteiger partial charge in [0.1, 0.15) is 5.52 Å². The van der Waals surface area contributed by atoms with E-state index in [1.165, 1.54) is 16.8 Å². The number of aldehydes is 1. The van der Waals surface area contributed by atoms with Gasteiger partial charge < -0.3 is 9.14 Å². The molecule has 7 heteroatoms. The number of hydrogen-bond acceptors (Lipinski definition) is 4. The summed E-state index contributed by atoms with van der Waals surface area (Å²) in [6.45, 7) is 1.15. The van der Waals surface area contributed by atoms with Crippen LogP contribution in [0.25, 0.3) is 11.3 Å². The van der Waals surface area contributed by atoms with E-state index in [0.29, 0.717) is 25.0 Å². The third-order valence-corrected chi connectivity index (χ3v) is 4.37. The Labute approximate surface area is 135 Å². The lowest BCUT2D eigenvalue weighted by Crippen LogP contribution is -2.22. The highest BCUT2D eigenvalue weighted by Gasteiger charge is 2.18. The molecule has 0 fully saturated rings. The molecule has 4 heterocycles. The fraction of sp³-hybridized carbons (Fsp3) is 0.188. The molecule has 3 aromatic rings. The molecule has 0 aliphatic carbocycles. The molecule has 0 amide bonds. The molecule has 0 atom stereocenters. The van der Waals surface area contributed by atoms with Crippen molar-refractivity contribution in [3.63, 3.8) is 0 Å². The number of carbonyl (C=O) groups is 1. The van der Waals surface area contributed by atoms with Gasteiger partial charge in [-0.3, -0.25) is 14.2 Å². The predicted octanol–water partition coefficient (Wildman–Crippen LogP) is 2.02. The first-order chi connectivity index (χ1) is 11.2. The quantitative estimate of drug-likeness (QED) is 0.675. The van der Waals surface area contributed by atoms with E-state index in [4.69, 9.17) is 16.3 Å². The molecule has 6 nitrogen and oxygen atoms in total. The van der Waals surface area contributed by atoms with Crippen molar-refractivity contribution in [2.45, 2.75) is 13.0 Å². The maximum Gasteiger partial charge on any atom is 0.280 e. The van der Waals surface area contributed by atoms with Crippen LogP contribution in [0.15, 0.2) is 35.5 Å². The summed E-state index contributed by atoms with van der Waals surface area (Å²) < 4.78 is 8.66. The number of halogens is 1. The summed E-state index contributed by atoms with van der Waals surface area (Å²) in [6.07, 6.45) is 6.26. The minimum Gasteiger partial charge on any atom is -0.376 e. The van der Waals surface area contributed by atoms with Gasteiger partial charge in [-0.2, -0.15) is 0 Å². The molecule has 23 heavy (non-hydrogen) atoms. The molecule has 0 aromatic carbocycles. The molecule has 0 unspecified atom stereocenters. The summed E-state index contributed by atoms with van der Waals surface area (Å²) in [7, 11) is 0. The van der Waals surface area contributed by atoms with Gasteiger partial charge in [0, 0.05) is 30.7 Å². The Hall–Kier alpha value is -2.44. The maximum absolute atomic E-state index is 12.8. The Morgan fingerprint density at radius 1 is 1.35 bits per heavy atom. The van der Waals surface area contributed by atoms with E-state index < -0.39 is 0 Å². The third kappa shape index (κ3) is 2.10. The maximum atomic E-state index is 12.8. The minimum absolute atomic E-state index is 0.195. The van der Waals surface area contributed by atoms with Gasteiger partial charge in [0.15, 0.2) is 12.1 Å². The molecule has 1 aliphatic rings. The van der Waals surface area contributed by atoms with Gasteiger partial charge in [-0.15, -0.1) is 0 Å². The second-order valence-corrected chi connectivity index (χ2v) is 5.70. The lowest BCUT2D eigenvalue weighted by Gasteiger charge is -2.13. The monoisotopic (exact) mass is 329 g/mol. The van der Waals surface area contributed by atoms with Crippen molar-refractivity contribution in [1.29, 1.82) is 0 Å². The van der Waals surface area contributed by atoms with Gasteiger partial charge in [-0.05, 0) is 17.7 Å². The van der Waals surface area contributed by atoms with Crippen molar-refractivity contribution in [2.75, 3.05) is 6.61 Å². The van der Waals surface area contributed by atoms with Crippen LogP contribution in [0, 0.1) is 0 Å². The zero-order chi connectivity index (χ0) is 16.0. The normalized spacial score (nSPS) is 14.0. The molecule has 3 aromatic heterocycles. The molecule has 0 saturated heterocycles. The Morgan fingerprint density at radius 2 is 2.22 bits per heavy atom. The van der Waals surface area contributed by atoms with Crippen LogP contribution in [-0.4, -0.2) is 26.8 Å². The molecular formula is C16H12ClN3O3. The first-order valence-electron chi connectivity index (χ1n) is 7.13. The zero-order valence-electron chi connectivity index (χ0n) is 12.0. The summed E-state index contributed by atoms with van der Waals surface area (Å²) in [5, 5.41) is 0.264. The number of carbonyl (C=O) groups excluding carboxylic acids is 1. The summed E-state index contributed by atoms with van der Waals surface area (Å²) in [4.78, 5) is 28.3. The second kappa shape index (κ2) is 5.33. The van der Waals surface area contributed by atoms with E-state index in [0.717, 1.165) is 17.7 Å². The van der Waals surface area contributed by atoms with Crippen LogP contribution in [0.1, 0.15) is 21.6 Å². The number of aromatic nitrogens is 3. The van der Waals surface area contributed by atoms with Crippen LogP contribution in [0.5, 0.6) is 0 Å². The molecule has 116 valence electrons. The van der Waals surface area contributed by atoms with Gasteiger partial charge in [0.25, 0.3) is 5.56 Å². The second-order valence-electron chi connectivity index (χ2n) is 5.30. The molecule has 0 bridgehead atoms. The topological polar surface area (TPSA) is 65.6 Å². The Balaban J connectivity index is 2.00. The van der Waals surface area contributed by atoms with Gasteiger partial charge in [0.2, 0.25) is 0 Å². The standard InChI is InChI=1S/C16H12ClN3O3/c17-12-1-3-18-15(11(12)8-21)20-5-4-19-13-2-6-23-9-10(13)7-14(19)16(20)22/h1,3-5,7-8H,2,6,9H2. The largest absolute Gasteiger partial charge is 0.376 e. The van der Waals surface area contributed by atoms with E-state index in [1.54, 1.807) is 12.4 Å². The fourth-order valence-electron chi connectivity index (χ4n) is 2.94. The number of nitrogens with zero attached hydrogens (tertiary/aromatic N) is 3. The van der Waals surface area contributed by atoms with Crippen molar-refractivity contribution >= 4 is 23.4 Å². The summed E-state index contributed by atoms with van der Waals surface area (Å²) in [6, 6.07) is 3.35. The third-order valence-electron chi connectivity index (χ3n) is 4.04. The van der Waals surface area contributed by atoms with Gasteiger partial charge in [0.05, 0.1) is 23.8 Å². The van der Waals surface area contributed by atoms with Crippen LogP contribution in [-0.2, 0) is 17.8 Å². The zero-order valence-corrected chi connectivity index (χ0v) is 12.8. The fourth-order valence-corrected chi connectivity index (χ4v) is 3.13. The molecule has 0 spiro atoms. The van der Waals surface area contributed by atoms with Crippen LogP contribution in [0.4, 0.5) is 0 Å². The van der Waals surface area contributed by atoms with Gasteiger partial charge >= 0.3 is 0 Å². The number of ether oxygens (including phenoxy) is 1. The van der Waals surface area contributed by atoms with Crippen molar-refractivity contribution in [2.24, 2.45) is 0 Å². The lowest BCUT2D eigenvalue weighted by molar-refractivity contribution is 0.109. The summed E-state index contributed by atoms with van der Waals surface area (Å²) in [5.41, 5.74) is 2.58. The SMILES string of the molecule is O=Cc1c(Cl)ccnc1-n1ccn2c3c(cc2c1=O)COCC3. The number of rotatable bonds is 2. The van der Waals surface area contributed by atoms with E-state index in [1.807, 2.05) is 10.5 Å². The van der Waals surface area contributed by atoms with Gasteiger partial charge in [-0.25, -0.2) is 4.98 Å². The Morgan fingerprint density at radius 3 is 3.04 bits per heavy atom. The summed E-state index contributed by atoms with van der Waals surface area (Å²) >= 11 is 6.02. The van der Waals surface area contributed by atoms with Crippen molar-refractivity contribution in [1.82, 2.24) is 14.0 Å². The number of fused-ring (bicyclic) bond motifs is 3. The smallest absolute Gasteiger partial charge is 0.280 e. The average Bonchev–Trinajstić information content (AvgIpc) is 2.95. The van der Waals surface area contributed by atoms with Crippen LogP contribution in [0.3, 0.4) is 0 Å². The highest BCUT2D eigenvalue weighted by molar-refractivity contribution is 6.33. The molecule has 0 radical (unpaired) electrons. The van der Waals surface area contributed by atoms with Crippen molar-refractivity contribution in [3.8, 4) is 5.82 Å². The molecule has 1 aliphatic heterocycles. The lowest BCUT2D eigenvalue weighted by atomic mass is 10.2.